The normalized spacial score (nSPS) is 9.79. The molecule has 0 aromatic heterocycles. The zero-order chi connectivity index (χ0) is 14.3. The summed E-state index contributed by atoms with van der Waals surface area (Å²) in [4.78, 5) is 22.3. The molecule has 0 spiro atoms. The Bertz CT molecular complexity index is 462. The molecule has 3 amide bonds. The third-order valence-corrected chi connectivity index (χ3v) is 2.35. The molecule has 0 radical (unpaired) electrons. The van der Waals surface area contributed by atoms with E-state index in [9.17, 15) is 9.59 Å². The largest absolute Gasteiger partial charge is 0.494 e. The second-order valence-corrected chi connectivity index (χ2v) is 3.81. The predicted octanol–water partition coefficient (Wildman–Crippen LogP) is 0.734. The molecular formula is C12H18N4O3. The van der Waals surface area contributed by atoms with Crippen molar-refractivity contribution in [1.82, 2.24) is 5.32 Å². The van der Waals surface area contributed by atoms with Gasteiger partial charge in [0.2, 0.25) is 5.91 Å². The summed E-state index contributed by atoms with van der Waals surface area (Å²) < 4.78 is 5.12. The first-order valence-electron chi connectivity index (χ1n) is 5.75. The van der Waals surface area contributed by atoms with Gasteiger partial charge in [0, 0.05) is 24.7 Å². The van der Waals surface area contributed by atoms with E-state index in [0.717, 1.165) is 0 Å². The van der Waals surface area contributed by atoms with Crippen molar-refractivity contribution in [2.24, 2.45) is 5.73 Å². The molecule has 0 aliphatic rings. The molecule has 0 aliphatic carbocycles. The highest BCUT2D eigenvalue weighted by Crippen LogP contribution is 2.27. The van der Waals surface area contributed by atoms with Gasteiger partial charge in [0.1, 0.15) is 5.75 Å². The van der Waals surface area contributed by atoms with Gasteiger partial charge in [-0.1, -0.05) is 0 Å². The van der Waals surface area contributed by atoms with Gasteiger partial charge >= 0.3 is 6.03 Å². The van der Waals surface area contributed by atoms with Gasteiger partial charge in [-0.05, 0) is 19.2 Å². The van der Waals surface area contributed by atoms with E-state index in [1.165, 1.54) is 7.11 Å². The van der Waals surface area contributed by atoms with Gasteiger partial charge in [-0.25, -0.2) is 4.79 Å². The Morgan fingerprint density at radius 1 is 1.32 bits per heavy atom. The molecule has 1 rings (SSSR count). The molecule has 1 aromatic carbocycles. The number of benzene rings is 1. The van der Waals surface area contributed by atoms with Crippen molar-refractivity contribution in [2.45, 2.75) is 6.42 Å². The maximum Gasteiger partial charge on any atom is 0.316 e. The van der Waals surface area contributed by atoms with E-state index in [4.69, 9.17) is 10.5 Å². The van der Waals surface area contributed by atoms with Crippen LogP contribution in [0, 0.1) is 0 Å². The van der Waals surface area contributed by atoms with E-state index in [1.54, 1.807) is 25.2 Å². The van der Waals surface area contributed by atoms with Crippen LogP contribution in [-0.4, -0.2) is 32.6 Å². The van der Waals surface area contributed by atoms with Crippen LogP contribution in [0.2, 0.25) is 0 Å². The molecular weight excluding hydrogens is 248 g/mol. The molecule has 0 unspecified atom stereocenters. The van der Waals surface area contributed by atoms with Crippen LogP contribution in [-0.2, 0) is 4.79 Å². The van der Waals surface area contributed by atoms with E-state index in [-0.39, 0.29) is 5.91 Å². The molecule has 0 saturated carbocycles. The van der Waals surface area contributed by atoms with Crippen molar-refractivity contribution in [1.29, 1.82) is 0 Å². The molecule has 1 aromatic rings. The Hall–Kier alpha value is -2.28. The molecule has 0 fully saturated rings. The number of nitrogens with two attached hydrogens (primary N) is 1. The first kappa shape index (κ1) is 14.8. The molecule has 0 bridgehead atoms. The molecule has 0 atom stereocenters. The second kappa shape index (κ2) is 7.22. The van der Waals surface area contributed by atoms with E-state index in [1.807, 2.05) is 0 Å². The summed E-state index contributed by atoms with van der Waals surface area (Å²) in [5.41, 5.74) is 6.08. The van der Waals surface area contributed by atoms with Gasteiger partial charge in [-0.3, -0.25) is 4.79 Å². The Morgan fingerprint density at radius 2 is 2.05 bits per heavy atom. The van der Waals surface area contributed by atoms with Crippen LogP contribution >= 0.6 is 0 Å². The van der Waals surface area contributed by atoms with E-state index in [2.05, 4.69) is 16.0 Å². The number of hydrogen-bond donors (Lipinski definition) is 4. The molecule has 19 heavy (non-hydrogen) atoms. The zero-order valence-corrected chi connectivity index (χ0v) is 10.9. The van der Waals surface area contributed by atoms with Crippen molar-refractivity contribution in [3.05, 3.63) is 18.2 Å². The van der Waals surface area contributed by atoms with Crippen LogP contribution in [0.15, 0.2) is 18.2 Å². The number of rotatable bonds is 6. The molecule has 104 valence electrons. The van der Waals surface area contributed by atoms with Gasteiger partial charge < -0.3 is 26.4 Å². The smallest absolute Gasteiger partial charge is 0.316 e. The van der Waals surface area contributed by atoms with Crippen molar-refractivity contribution in [2.75, 3.05) is 31.3 Å². The minimum absolute atomic E-state index is 0.105. The van der Waals surface area contributed by atoms with Crippen LogP contribution in [0.1, 0.15) is 6.42 Å². The average molecular weight is 266 g/mol. The fourth-order valence-electron chi connectivity index (χ4n) is 1.47. The number of amides is 3. The van der Waals surface area contributed by atoms with Crippen LogP contribution in [0.25, 0.3) is 0 Å². The van der Waals surface area contributed by atoms with E-state index in [0.29, 0.717) is 30.1 Å². The first-order valence-corrected chi connectivity index (χ1v) is 5.75. The lowest BCUT2D eigenvalue weighted by Crippen LogP contribution is -2.20. The van der Waals surface area contributed by atoms with Gasteiger partial charge in [-0.2, -0.15) is 0 Å². The summed E-state index contributed by atoms with van der Waals surface area (Å²) >= 11 is 0. The summed E-state index contributed by atoms with van der Waals surface area (Å²) in [5.74, 6) is 0.317. The number of urea groups is 1. The van der Waals surface area contributed by atoms with E-state index >= 15 is 0 Å². The van der Waals surface area contributed by atoms with Crippen LogP contribution in [0.5, 0.6) is 5.75 Å². The van der Waals surface area contributed by atoms with Crippen LogP contribution in [0.4, 0.5) is 16.2 Å². The number of nitrogens with one attached hydrogen (secondary N) is 3. The van der Waals surface area contributed by atoms with Gasteiger partial charge in [0.05, 0.1) is 12.8 Å². The number of primary amides is 1. The Kier molecular flexibility index (Phi) is 5.62. The van der Waals surface area contributed by atoms with Gasteiger partial charge in [-0.15, -0.1) is 0 Å². The summed E-state index contributed by atoms with van der Waals surface area (Å²) in [5, 5.41) is 8.05. The summed E-state index contributed by atoms with van der Waals surface area (Å²) in [6.45, 7) is 0.601. The maximum absolute atomic E-state index is 11.6. The average Bonchev–Trinajstić information content (AvgIpc) is 2.37. The topological polar surface area (TPSA) is 105 Å². The van der Waals surface area contributed by atoms with Gasteiger partial charge in [0.25, 0.3) is 0 Å². The standard InChI is InChI=1S/C12H18N4O3/c1-14-6-5-11(17)15-8-3-4-9(16-12(13)18)10(7-8)19-2/h3-4,7,14H,5-6H2,1-2H3,(H,15,17)(H3,13,16,18). The Balaban J connectivity index is 2.76. The highest BCUT2D eigenvalue weighted by atomic mass is 16.5. The summed E-state index contributed by atoms with van der Waals surface area (Å²) in [6.07, 6.45) is 0.375. The quantitative estimate of drug-likeness (QED) is 0.609. The number of carbonyl (C=O) groups excluding carboxylic acids is 2. The fourth-order valence-corrected chi connectivity index (χ4v) is 1.47. The minimum atomic E-state index is -0.677. The minimum Gasteiger partial charge on any atom is -0.494 e. The van der Waals surface area contributed by atoms with E-state index < -0.39 is 6.03 Å². The number of ether oxygens (including phenoxy) is 1. The molecule has 7 heteroatoms. The zero-order valence-electron chi connectivity index (χ0n) is 10.9. The highest BCUT2D eigenvalue weighted by Gasteiger charge is 2.08. The molecule has 5 N–H and O–H groups in total. The predicted molar refractivity (Wildman–Crippen MR) is 73.4 cm³/mol. The molecule has 0 aliphatic heterocycles. The SMILES string of the molecule is CNCCC(=O)Nc1ccc(NC(N)=O)c(OC)c1. The molecule has 0 saturated heterocycles. The monoisotopic (exact) mass is 266 g/mol. The highest BCUT2D eigenvalue weighted by molar-refractivity contribution is 5.93. The number of anilines is 2. The van der Waals surface area contributed by atoms with Gasteiger partial charge in [0.15, 0.2) is 0 Å². The number of carbonyl (C=O) groups is 2. The van der Waals surface area contributed by atoms with Crippen molar-refractivity contribution >= 4 is 23.3 Å². The van der Waals surface area contributed by atoms with Crippen molar-refractivity contribution in [3.63, 3.8) is 0 Å². The molecule has 7 nitrogen and oxygen atoms in total. The Morgan fingerprint density at radius 3 is 2.63 bits per heavy atom. The maximum atomic E-state index is 11.6. The van der Waals surface area contributed by atoms with Crippen molar-refractivity contribution < 1.29 is 14.3 Å². The lowest BCUT2D eigenvalue weighted by molar-refractivity contribution is -0.116. The third kappa shape index (κ3) is 4.84. The molecule has 0 heterocycles. The second-order valence-electron chi connectivity index (χ2n) is 3.81. The lowest BCUT2D eigenvalue weighted by atomic mass is 10.2. The number of methoxy groups -OCH3 is 1. The van der Waals surface area contributed by atoms with Crippen LogP contribution < -0.4 is 26.4 Å². The number of hydrogen-bond acceptors (Lipinski definition) is 4. The summed E-state index contributed by atoms with van der Waals surface area (Å²) in [6, 6.07) is 4.20. The lowest BCUT2D eigenvalue weighted by Gasteiger charge is -2.11. The Labute approximate surface area is 111 Å². The summed E-state index contributed by atoms with van der Waals surface area (Å²) in [7, 11) is 3.24. The first-order chi connectivity index (χ1) is 9.06. The van der Waals surface area contributed by atoms with Crippen molar-refractivity contribution in [3.8, 4) is 5.75 Å². The fraction of sp³-hybridized carbons (Fsp3) is 0.333. The third-order valence-electron chi connectivity index (χ3n) is 2.35. The van der Waals surface area contributed by atoms with Crippen LogP contribution in [0.3, 0.4) is 0 Å².